The lowest BCUT2D eigenvalue weighted by molar-refractivity contribution is -0.126. The van der Waals surface area contributed by atoms with Gasteiger partial charge in [0.2, 0.25) is 5.91 Å². The average molecular weight is 340 g/mol. The zero-order chi connectivity index (χ0) is 13.7. The topological polar surface area (TPSA) is 58.4 Å². The van der Waals surface area contributed by atoms with E-state index in [4.69, 9.17) is 5.73 Å². The number of nitrogens with zero attached hydrogens (tertiary/aromatic N) is 1. The fraction of sp³-hybridized carbons (Fsp3) is 0.933. The van der Waals surface area contributed by atoms with Crippen LogP contribution in [0.1, 0.15) is 45.4 Å². The van der Waals surface area contributed by atoms with E-state index in [0.29, 0.717) is 18.5 Å². The second-order valence-corrected chi connectivity index (χ2v) is 6.20. The van der Waals surface area contributed by atoms with Crippen LogP contribution in [0.25, 0.3) is 0 Å². The normalized spacial score (nSPS) is 29.3. The van der Waals surface area contributed by atoms with Crippen molar-refractivity contribution in [3.05, 3.63) is 0 Å². The molecule has 3 N–H and O–H groups in total. The zero-order valence-electron chi connectivity index (χ0n) is 13.1. The molecule has 0 spiro atoms. The van der Waals surface area contributed by atoms with E-state index < -0.39 is 0 Å². The first-order chi connectivity index (χ1) is 9.22. The maximum Gasteiger partial charge on any atom is 0.223 e. The van der Waals surface area contributed by atoms with Gasteiger partial charge in [0, 0.05) is 25.0 Å². The maximum atomic E-state index is 12.2. The molecule has 1 aliphatic heterocycles. The highest BCUT2D eigenvalue weighted by Gasteiger charge is 2.31. The van der Waals surface area contributed by atoms with E-state index in [-0.39, 0.29) is 36.6 Å². The minimum absolute atomic E-state index is 0. The number of carbonyl (C=O) groups excluding carboxylic acids is 1. The van der Waals surface area contributed by atoms with Crippen molar-refractivity contribution < 1.29 is 4.79 Å². The van der Waals surface area contributed by atoms with Gasteiger partial charge in [-0.25, -0.2) is 0 Å². The van der Waals surface area contributed by atoms with Gasteiger partial charge >= 0.3 is 0 Å². The molecule has 1 unspecified atom stereocenters. The van der Waals surface area contributed by atoms with Gasteiger partial charge in [-0.3, -0.25) is 9.69 Å². The Bertz CT molecular complexity index is 305. The summed E-state index contributed by atoms with van der Waals surface area (Å²) < 4.78 is 0. The lowest BCUT2D eigenvalue weighted by atomic mass is 9.95. The van der Waals surface area contributed by atoms with Crippen LogP contribution in [-0.2, 0) is 4.79 Å². The molecule has 21 heavy (non-hydrogen) atoms. The number of halogens is 2. The van der Waals surface area contributed by atoms with E-state index in [0.717, 1.165) is 32.4 Å². The van der Waals surface area contributed by atoms with Crippen LogP contribution >= 0.6 is 24.8 Å². The Morgan fingerprint density at radius 3 is 2.62 bits per heavy atom. The maximum absolute atomic E-state index is 12.2. The Kier molecular flexibility index (Phi) is 10.6. The van der Waals surface area contributed by atoms with E-state index in [1.54, 1.807) is 0 Å². The molecule has 1 saturated carbocycles. The minimum atomic E-state index is 0. The van der Waals surface area contributed by atoms with Gasteiger partial charge in [0.25, 0.3) is 0 Å². The molecule has 4 nitrogen and oxygen atoms in total. The molecule has 2 fully saturated rings. The molecular formula is C15H31Cl2N3O. The lowest BCUT2D eigenvalue weighted by Gasteiger charge is -2.33. The molecule has 1 heterocycles. The standard InChI is InChI=1S/C15H29N3O.2ClH/c1-12-5-2-3-9-18(12)10-8-17-15(19)14-7-4-6-13(14)11-16;;/h12-14H,2-11,16H2,1H3,(H,17,19);2*1H/t12?,13-,14-;;/m1../s1. The van der Waals surface area contributed by atoms with Crippen molar-refractivity contribution >= 4 is 30.7 Å². The fourth-order valence-electron chi connectivity index (χ4n) is 3.61. The number of hydrogen-bond donors (Lipinski definition) is 2. The molecule has 1 amide bonds. The predicted octanol–water partition coefficient (Wildman–Crippen LogP) is 2.20. The zero-order valence-corrected chi connectivity index (χ0v) is 14.7. The largest absolute Gasteiger partial charge is 0.355 e. The Balaban J connectivity index is 0.00000200. The van der Waals surface area contributed by atoms with Crippen molar-refractivity contribution in [1.29, 1.82) is 0 Å². The summed E-state index contributed by atoms with van der Waals surface area (Å²) >= 11 is 0. The van der Waals surface area contributed by atoms with Gasteiger partial charge in [-0.2, -0.15) is 0 Å². The number of carbonyl (C=O) groups is 1. The van der Waals surface area contributed by atoms with Crippen LogP contribution in [0.2, 0.25) is 0 Å². The van der Waals surface area contributed by atoms with E-state index >= 15 is 0 Å². The van der Waals surface area contributed by atoms with E-state index in [2.05, 4.69) is 17.1 Å². The Morgan fingerprint density at radius 1 is 1.19 bits per heavy atom. The van der Waals surface area contributed by atoms with Crippen molar-refractivity contribution in [1.82, 2.24) is 10.2 Å². The van der Waals surface area contributed by atoms with E-state index in [9.17, 15) is 4.79 Å². The molecule has 126 valence electrons. The van der Waals surface area contributed by atoms with Gasteiger partial charge in [-0.1, -0.05) is 12.8 Å². The average Bonchev–Trinajstić information content (AvgIpc) is 2.89. The van der Waals surface area contributed by atoms with Crippen LogP contribution in [-0.4, -0.2) is 43.0 Å². The van der Waals surface area contributed by atoms with Crippen molar-refractivity contribution in [3.63, 3.8) is 0 Å². The molecule has 0 aromatic rings. The molecule has 0 radical (unpaired) electrons. The molecule has 1 aliphatic carbocycles. The predicted molar refractivity (Wildman–Crippen MR) is 92.3 cm³/mol. The van der Waals surface area contributed by atoms with Crippen molar-refractivity contribution in [2.45, 2.75) is 51.5 Å². The smallest absolute Gasteiger partial charge is 0.223 e. The number of amides is 1. The first-order valence-electron chi connectivity index (χ1n) is 7.94. The second kappa shape index (κ2) is 10.7. The molecule has 0 aromatic heterocycles. The molecule has 0 aromatic carbocycles. The summed E-state index contributed by atoms with van der Waals surface area (Å²) in [5.74, 6) is 0.815. The van der Waals surface area contributed by atoms with Gasteiger partial charge < -0.3 is 11.1 Å². The summed E-state index contributed by atoms with van der Waals surface area (Å²) in [6.45, 7) is 5.92. The van der Waals surface area contributed by atoms with Crippen molar-refractivity contribution in [2.75, 3.05) is 26.2 Å². The SMILES string of the molecule is CC1CCCCN1CCNC(=O)[C@@H]1CCC[C@@H]1CN.Cl.Cl. The van der Waals surface area contributed by atoms with E-state index in [1.165, 1.54) is 25.8 Å². The number of piperidine rings is 1. The van der Waals surface area contributed by atoms with Crippen LogP contribution in [0.4, 0.5) is 0 Å². The third-order valence-corrected chi connectivity index (χ3v) is 4.94. The quantitative estimate of drug-likeness (QED) is 0.807. The number of hydrogen-bond acceptors (Lipinski definition) is 3. The van der Waals surface area contributed by atoms with Gasteiger partial charge in [-0.05, 0) is 51.6 Å². The lowest BCUT2D eigenvalue weighted by Crippen LogP contribution is -2.44. The summed E-state index contributed by atoms with van der Waals surface area (Å²) in [5.41, 5.74) is 5.74. The molecule has 1 saturated heterocycles. The van der Waals surface area contributed by atoms with Crippen LogP contribution in [0.5, 0.6) is 0 Å². The second-order valence-electron chi connectivity index (χ2n) is 6.20. The summed E-state index contributed by atoms with van der Waals surface area (Å²) in [4.78, 5) is 14.7. The van der Waals surface area contributed by atoms with Gasteiger partial charge in [0.05, 0.1) is 0 Å². The summed E-state index contributed by atoms with van der Waals surface area (Å²) in [6, 6.07) is 0.675. The molecular weight excluding hydrogens is 309 g/mol. The molecule has 2 rings (SSSR count). The van der Waals surface area contributed by atoms with Crippen LogP contribution in [0.15, 0.2) is 0 Å². The third kappa shape index (κ3) is 5.93. The van der Waals surface area contributed by atoms with Crippen LogP contribution in [0, 0.1) is 11.8 Å². The summed E-state index contributed by atoms with van der Waals surface area (Å²) in [5, 5.41) is 3.12. The van der Waals surface area contributed by atoms with Gasteiger partial charge in [0.15, 0.2) is 0 Å². The minimum Gasteiger partial charge on any atom is -0.355 e. The Hall–Kier alpha value is -0.0300. The van der Waals surface area contributed by atoms with Gasteiger partial charge in [0.1, 0.15) is 0 Å². The summed E-state index contributed by atoms with van der Waals surface area (Å²) in [7, 11) is 0. The molecule has 3 atom stereocenters. The van der Waals surface area contributed by atoms with E-state index in [1.807, 2.05) is 0 Å². The Labute approximate surface area is 141 Å². The van der Waals surface area contributed by atoms with Crippen LogP contribution < -0.4 is 11.1 Å². The van der Waals surface area contributed by atoms with Crippen molar-refractivity contribution in [3.8, 4) is 0 Å². The highest BCUT2D eigenvalue weighted by atomic mass is 35.5. The highest BCUT2D eigenvalue weighted by molar-refractivity contribution is 5.85. The van der Waals surface area contributed by atoms with Gasteiger partial charge in [-0.15, -0.1) is 24.8 Å². The Morgan fingerprint density at radius 2 is 1.95 bits per heavy atom. The van der Waals surface area contributed by atoms with Crippen molar-refractivity contribution in [2.24, 2.45) is 17.6 Å². The number of nitrogens with two attached hydrogens (primary N) is 1. The first-order valence-corrected chi connectivity index (χ1v) is 7.94. The molecule has 0 bridgehead atoms. The molecule has 6 heteroatoms. The number of nitrogens with one attached hydrogen (secondary N) is 1. The first kappa shape index (κ1) is 21.0. The third-order valence-electron chi connectivity index (χ3n) is 4.94. The number of likely N-dealkylation sites (tertiary alicyclic amines) is 1. The van der Waals surface area contributed by atoms with Crippen LogP contribution in [0.3, 0.4) is 0 Å². The molecule has 2 aliphatic rings. The monoisotopic (exact) mass is 339 g/mol. The fourth-order valence-corrected chi connectivity index (χ4v) is 3.61. The summed E-state index contributed by atoms with van der Waals surface area (Å²) in [6.07, 6.45) is 7.25. The highest BCUT2D eigenvalue weighted by Crippen LogP contribution is 2.30. The number of rotatable bonds is 5.